The summed E-state index contributed by atoms with van der Waals surface area (Å²) < 4.78 is 0. The third-order valence-electron chi connectivity index (χ3n) is 3.32. The smallest absolute Gasteiger partial charge is 0.249 e. The van der Waals surface area contributed by atoms with Crippen LogP contribution < -0.4 is 16.0 Å². The van der Waals surface area contributed by atoms with Crippen molar-refractivity contribution in [3.63, 3.8) is 0 Å². The lowest BCUT2D eigenvalue weighted by atomic mass is 10.1. The molecule has 1 aliphatic heterocycles. The molecule has 3 N–H and O–H groups in total. The molecule has 1 aliphatic rings. The number of amides is 3. The van der Waals surface area contributed by atoms with Gasteiger partial charge in [0.15, 0.2) is 0 Å². The number of carbonyl (C=O) groups is 3. The van der Waals surface area contributed by atoms with Crippen LogP contribution in [-0.4, -0.2) is 23.8 Å². The number of anilines is 2. The van der Waals surface area contributed by atoms with E-state index in [1.807, 2.05) is 19.9 Å². The van der Waals surface area contributed by atoms with Gasteiger partial charge in [-0.15, -0.1) is 0 Å². The maximum absolute atomic E-state index is 11.8. The lowest BCUT2D eigenvalue weighted by Crippen LogP contribution is -2.47. The van der Waals surface area contributed by atoms with Gasteiger partial charge in [0.05, 0.1) is 0 Å². The van der Waals surface area contributed by atoms with Gasteiger partial charge in [0.2, 0.25) is 17.7 Å². The van der Waals surface area contributed by atoms with Crippen molar-refractivity contribution in [2.24, 2.45) is 5.92 Å². The zero-order chi connectivity index (χ0) is 16.1. The van der Waals surface area contributed by atoms with E-state index in [1.54, 1.807) is 18.2 Å². The van der Waals surface area contributed by atoms with Gasteiger partial charge in [-0.3, -0.25) is 19.7 Å². The van der Waals surface area contributed by atoms with Gasteiger partial charge in [0.25, 0.3) is 0 Å². The van der Waals surface area contributed by atoms with Crippen molar-refractivity contribution < 1.29 is 14.4 Å². The lowest BCUT2D eigenvalue weighted by Gasteiger charge is -2.23. The van der Waals surface area contributed by atoms with Crippen molar-refractivity contribution in [3.8, 4) is 0 Å². The van der Waals surface area contributed by atoms with Gasteiger partial charge in [0.1, 0.15) is 6.04 Å². The highest BCUT2D eigenvalue weighted by molar-refractivity contribution is 6.01. The predicted molar refractivity (Wildman–Crippen MR) is 84.3 cm³/mol. The number of nitrogens with one attached hydrogen (secondary N) is 3. The van der Waals surface area contributed by atoms with E-state index in [0.29, 0.717) is 30.9 Å². The Morgan fingerprint density at radius 3 is 2.73 bits per heavy atom. The number of piperidine rings is 1. The van der Waals surface area contributed by atoms with Crippen LogP contribution >= 0.6 is 0 Å². The summed E-state index contributed by atoms with van der Waals surface area (Å²) in [6, 6.07) is 6.77. The summed E-state index contributed by atoms with van der Waals surface area (Å²) in [5.74, 6) is -0.291. The average Bonchev–Trinajstić information content (AvgIpc) is 2.41. The van der Waals surface area contributed by atoms with E-state index >= 15 is 0 Å². The summed E-state index contributed by atoms with van der Waals surface area (Å²) in [6.45, 7) is 3.97. The van der Waals surface area contributed by atoms with E-state index < -0.39 is 6.04 Å². The number of hydrogen-bond acceptors (Lipinski definition) is 4. The third kappa shape index (κ3) is 4.58. The molecule has 1 unspecified atom stereocenters. The largest absolute Gasteiger partial charge is 0.374 e. The first-order valence-corrected chi connectivity index (χ1v) is 7.44. The van der Waals surface area contributed by atoms with Gasteiger partial charge in [0, 0.05) is 24.2 Å². The van der Waals surface area contributed by atoms with Crippen LogP contribution in [-0.2, 0) is 14.4 Å². The first-order valence-electron chi connectivity index (χ1n) is 7.44. The SMILES string of the molecule is CC(C)CC(=O)Nc1cccc(NC2CCC(=O)NC2=O)c1. The summed E-state index contributed by atoms with van der Waals surface area (Å²) >= 11 is 0. The fourth-order valence-electron chi connectivity index (χ4n) is 2.30. The average molecular weight is 303 g/mol. The highest BCUT2D eigenvalue weighted by Gasteiger charge is 2.26. The summed E-state index contributed by atoms with van der Waals surface area (Å²) in [4.78, 5) is 34.6. The minimum absolute atomic E-state index is 0.0341. The summed E-state index contributed by atoms with van der Waals surface area (Å²) in [5, 5.41) is 8.23. The molecule has 0 saturated carbocycles. The molecule has 0 spiro atoms. The monoisotopic (exact) mass is 303 g/mol. The molecular weight excluding hydrogens is 282 g/mol. The standard InChI is InChI=1S/C16H21N3O3/c1-10(2)8-15(21)18-12-5-3-4-11(9-12)17-13-6-7-14(20)19-16(13)22/h3-5,9-10,13,17H,6-8H2,1-2H3,(H,18,21)(H,19,20,22). The van der Waals surface area contributed by atoms with Crippen molar-refractivity contribution in [3.05, 3.63) is 24.3 Å². The van der Waals surface area contributed by atoms with E-state index in [1.165, 1.54) is 0 Å². The summed E-state index contributed by atoms with van der Waals surface area (Å²) in [7, 11) is 0. The van der Waals surface area contributed by atoms with E-state index in [0.717, 1.165) is 5.69 Å². The van der Waals surface area contributed by atoms with Crippen LogP contribution in [0.5, 0.6) is 0 Å². The molecular formula is C16H21N3O3. The zero-order valence-electron chi connectivity index (χ0n) is 12.8. The summed E-state index contributed by atoms with van der Waals surface area (Å²) in [5.41, 5.74) is 1.42. The van der Waals surface area contributed by atoms with Gasteiger partial charge in [-0.2, -0.15) is 0 Å². The highest BCUT2D eigenvalue weighted by Crippen LogP contribution is 2.19. The van der Waals surface area contributed by atoms with Gasteiger partial charge in [-0.1, -0.05) is 19.9 Å². The molecule has 0 aliphatic carbocycles. The first kappa shape index (κ1) is 16.0. The van der Waals surface area contributed by atoms with Crippen molar-refractivity contribution in [1.82, 2.24) is 5.32 Å². The molecule has 0 aromatic heterocycles. The molecule has 1 aromatic carbocycles. The maximum atomic E-state index is 11.8. The topological polar surface area (TPSA) is 87.3 Å². The Labute approximate surface area is 129 Å². The number of benzene rings is 1. The molecule has 1 heterocycles. The number of imide groups is 1. The fourth-order valence-corrected chi connectivity index (χ4v) is 2.30. The molecule has 2 rings (SSSR count). The van der Waals surface area contributed by atoms with E-state index in [-0.39, 0.29) is 17.7 Å². The van der Waals surface area contributed by atoms with Crippen LogP contribution in [0.1, 0.15) is 33.1 Å². The molecule has 0 bridgehead atoms. The van der Waals surface area contributed by atoms with Gasteiger partial charge < -0.3 is 10.6 Å². The Kier molecular flexibility index (Phi) is 5.14. The molecule has 1 aromatic rings. The van der Waals surface area contributed by atoms with Crippen LogP contribution in [0.25, 0.3) is 0 Å². The van der Waals surface area contributed by atoms with Crippen molar-refractivity contribution in [1.29, 1.82) is 0 Å². The van der Waals surface area contributed by atoms with Crippen LogP contribution in [0.2, 0.25) is 0 Å². The van der Waals surface area contributed by atoms with Gasteiger partial charge in [-0.05, 0) is 30.5 Å². The molecule has 3 amide bonds. The Balaban J connectivity index is 1.98. The molecule has 0 radical (unpaired) electrons. The minimum Gasteiger partial charge on any atom is -0.374 e. The highest BCUT2D eigenvalue weighted by atomic mass is 16.2. The fraction of sp³-hybridized carbons (Fsp3) is 0.438. The normalized spacial score (nSPS) is 18.0. The van der Waals surface area contributed by atoms with E-state index in [4.69, 9.17) is 0 Å². The first-order chi connectivity index (χ1) is 10.4. The zero-order valence-corrected chi connectivity index (χ0v) is 12.8. The van der Waals surface area contributed by atoms with Crippen molar-refractivity contribution >= 4 is 29.1 Å². The Morgan fingerprint density at radius 1 is 1.32 bits per heavy atom. The minimum atomic E-state index is -0.431. The van der Waals surface area contributed by atoms with Crippen LogP contribution in [0.3, 0.4) is 0 Å². The van der Waals surface area contributed by atoms with E-state index in [2.05, 4.69) is 16.0 Å². The second kappa shape index (κ2) is 7.06. The van der Waals surface area contributed by atoms with Crippen molar-refractivity contribution in [2.45, 2.75) is 39.2 Å². The molecule has 1 fully saturated rings. The van der Waals surface area contributed by atoms with Crippen LogP contribution in [0, 0.1) is 5.92 Å². The lowest BCUT2D eigenvalue weighted by molar-refractivity contribution is -0.133. The van der Waals surface area contributed by atoms with E-state index in [9.17, 15) is 14.4 Å². The van der Waals surface area contributed by atoms with Crippen LogP contribution in [0.15, 0.2) is 24.3 Å². The third-order valence-corrected chi connectivity index (χ3v) is 3.32. The molecule has 6 heteroatoms. The van der Waals surface area contributed by atoms with Crippen molar-refractivity contribution in [2.75, 3.05) is 10.6 Å². The quantitative estimate of drug-likeness (QED) is 0.725. The Morgan fingerprint density at radius 2 is 2.05 bits per heavy atom. The predicted octanol–water partition coefficient (Wildman–Crippen LogP) is 1.89. The molecule has 1 atom stereocenters. The number of carbonyl (C=O) groups excluding carboxylic acids is 3. The second-order valence-electron chi connectivity index (χ2n) is 5.87. The molecule has 22 heavy (non-hydrogen) atoms. The Bertz CT molecular complexity index is 584. The number of hydrogen-bond donors (Lipinski definition) is 3. The number of rotatable bonds is 5. The molecule has 118 valence electrons. The van der Waals surface area contributed by atoms with Gasteiger partial charge in [-0.25, -0.2) is 0 Å². The summed E-state index contributed by atoms with van der Waals surface area (Å²) in [6.07, 6.45) is 1.26. The Hall–Kier alpha value is -2.37. The van der Waals surface area contributed by atoms with Crippen LogP contribution in [0.4, 0.5) is 11.4 Å². The second-order valence-corrected chi connectivity index (χ2v) is 5.87. The molecule has 1 saturated heterocycles. The van der Waals surface area contributed by atoms with Gasteiger partial charge >= 0.3 is 0 Å². The maximum Gasteiger partial charge on any atom is 0.249 e. The molecule has 6 nitrogen and oxygen atoms in total.